The summed E-state index contributed by atoms with van der Waals surface area (Å²) in [6.07, 6.45) is 0. The van der Waals surface area contributed by atoms with Gasteiger partial charge in [-0.2, -0.15) is 0 Å². The van der Waals surface area contributed by atoms with Gasteiger partial charge in [-0.25, -0.2) is 13.8 Å². The van der Waals surface area contributed by atoms with Crippen LogP contribution >= 0.6 is 0 Å². The van der Waals surface area contributed by atoms with Gasteiger partial charge in [0, 0.05) is 24.2 Å². The minimum atomic E-state index is -0.902. The molecule has 0 fully saturated rings. The summed E-state index contributed by atoms with van der Waals surface area (Å²) < 4.78 is 26.3. The number of fused-ring (bicyclic) bond motifs is 1. The number of nitrogens with one attached hydrogen (secondary N) is 1. The third kappa shape index (κ3) is 2.08. The van der Waals surface area contributed by atoms with Crippen molar-refractivity contribution in [2.45, 2.75) is 6.54 Å². The van der Waals surface area contributed by atoms with Crippen molar-refractivity contribution >= 4 is 11.0 Å². The molecule has 0 atom stereocenters. The van der Waals surface area contributed by atoms with Crippen molar-refractivity contribution < 1.29 is 8.78 Å². The molecule has 0 amide bonds. The second-order valence-electron chi connectivity index (χ2n) is 4.27. The Hall–Kier alpha value is -2.27. The summed E-state index contributed by atoms with van der Waals surface area (Å²) in [5.74, 6) is -1.23. The van der Waals surface area contributed by atoms with E-state index in [-0.39, 0.29) is 0 Å². The van der Waals surface area contributed by atoms with Gasteiger partial charge in [0.05, 0.1) is 11.0 Å². The van der Waals surface area contributed by atoms with E-state index >= 15 is 0 Å². The van der Waals surface area contributed by atoms with Crippen LogP contribution in [0, 0.1) is 11.6 Å². The first kappa shape index (κ1) is 11.8. The Kier molecular flexibility index (Phi) is 2.76. The van der Waals surface area contributed by atoms with Gasteiger partial charge in [0.25, 0.3) is 0 Å². The first-order valence-corrected chi connectivity index (χ1v) is 5.81. The average Bonchev–Trinajstić information content (AvgIpc) is 2.82. The molecule has 0 spiro atoms. The summed E-state index contributed by atoms with van der Waals surface area (Å²) in [7, 11) is 0. The number of benzene rings is 2. The van der Waals surface area contributed by atoms with Crippen molar-refractivity contribution in [3.63, 3.8) is 0 Å². The van der Waals surface area contributed by atoms with Crippen LogP contribution in [-0.2, 0) is 6.54 Å². The number of H-pyrrole nitrogens is 1. The molecule has 1 aromatic heterocycles. The highest BCUT2D eigenvalue weighted by Crippen LogP contribution is 2.23. The van der Waals surface area contributed by atoms with Crippen molar-refractivity contribution in [2.75, 3.05) is 0 Å². The van der Waals surface area contributed by atoms with Crippen molar-refractivity contribution in [1.29, 1.82) is 0 Å². The standard InChI is InChI=1S/C14H11F2N3/c15-10-5-12-13(6-11(10)16)19-14(18-12)9-3-1-2-8(4-9)7-17/h1-6H,7,17H2,(H,18,19). The third-order valence-electron chi connectivity index (χ3n) is 2.96. The maximum absolute atomic E-state index is 13.1. The van der Waals surface area contributed by atoms with Gasteiger partial charge in [-0.15, -0.1) is 0 Å². The summed E-state index contributed by atoms with van der Waals surface area (Å²) in [6, 6.07) is 9.72. The van der Waals surface area contributed by atoms with Gasteiger partial charge in [-0.05, 0) is 11.6 Å². The Balaban J connectivity index is 2.14. The maximum atomic E-state index is 13.1. The Labute approximate surface area is 108 Å². The van der Waals surface area contributed by atoms with Crippen LogP contribution in [0.2, 0.25) is 0 Å². The Morgan fingerprint density at radius 3 is 2.68 bits per heavy atom. The fourth-order valence-electron chi connectivity index (χ4n) is 1.99. The van der Waals surface area contributed by atoms with Gasteiger partial charge in [0.1, 0.15) is 5.82 Å². The van der Waals surface area contributed by atoms with Crippen molar-refractivity contribution in [3.05, 3.63) is 53.6 Å². The van der Waals surface area contributed by atoms with E-state index in [1.54, 1.807) is 0 Å². The zero-order valence-electron chi connectivity index (χ0n) is 9.95. The number of nitrogens with zero attached hydrogens (tertiary/aromatic N) is 1. The lowest BCUT2D eigenvalue weighted by Crippen LogP contribution is -1.95. The first-order valence-electron chi connectivity index (χ1n) is 5.81. The van der Waals surface area contributed by atoms with Crippen molar-refractivity contribution in [3.8, 4) is 11.4 Å². The van der Waals surface area contributed by atoms with Crippen LogP contribution in [0.5, 0.6) is 0 Å². The smallest absolute Gasteiger partial charge is 0.161 e. The summed E-state index contributed by atoms with van der Waals surface area (Å²) >= 11 is 0. The van der Waals surface area contributed by atoms with Gasteiger partial charge in [-0.1, -0.05) is 18.2 Å². The maximum Gasteiger partial charge on any atom is 0.161 e. The fourth-order valence-corrected chi connectivity index (χ4v) is 1.99. The average molecular weight is 259 g/mol. The zero-order chi connectivity index (χ0) is 13.4. The number of nitrogens with two attached hydrogens (primary N) is 1. The molecule has 2 aromatic carbocycles. The molecule has 0 aliphatic rings. The van der Waals surface area contributed by atoms with Gasteiger partial charge in [0.15, 0.2) is 11.6 Å². The summed E-state index contributed by atoms with van der Waals surface area (Å²) in [4.78, 5) is 7.23. The Morgan fingerprint density at radius 2 is 1.89 bits per heavy atom. The number of rotatable bonds is 2. The molecule has 3 N–H and O–H groups in total. The monoisotopic (exact) mass is 259 g/mol. The SMILES string of the molecule is NCc1cccc(-c2nc3cc(F)c(F)cc3[nH]2)c1. The van der Waals surface area contributed by atoms with Crippen LogP contribution in [0.4, 0.5) is 8.78 Å². The summed E-state index contributed by atoms with van der Waals surface area (Å²) in [5, 5.41) is 0. The minimum Gasteiger partial charge on any atom is -0.338 e. The highest BCUT2D eigenvalue weighted by molar-refractivity contribution is 5.79. The topological polar surface area (TPSA) is 54.7 Å². The van der Waals surface area contributed by atoms with E-state index in [1.165, 1.54) is 0 Å². The lowest BCUT2D eigenvalue weighted by Gasteiger charge is -1.99. The van der Waals surface area contributed by atoms with E-state index in [1.807, 2.05) is 24.3 Å². The predicted molar refractivity (Wildman–Crippen MR) is 69.3 cm³/mol. The Bertz CT molecular complexity index is 711. The minimum absolute atomic E-state index is 0.395. The second kappa shape index (κ2) is 4.44. The number of hydrogen-bond donors (Lipinski definition) is 2. The highest BCUT2D eigenvalue weighted by Gasteiger charge is 2.10. The number of halogens is 2. The number of aromatic nitrogens is 2. The van der Waals surface area contributed by atoms with Crippen molar-refractivity contribution in [2.24, 2.45) is 5.73 Å². The molecule has 0 aliphatic heterocycles. The number of aromatic amines is 1. The lowest BCUT2D eigenvalue weighted by atomic mass is 10.1. The molecule has 0 bridgehead atoms. The van der Waals surface area contributed by atoms with Crippen LogP contribution in [0.15, 0.2) is 36.4 Å². The molecule has 0 unspecified atom stereocenters. The molecule has 3 nitrogen and oxygen atoms in total. The van der Waals surface area contributed by atoms with Gasteiger partial charge in [-0.3, -0.25) is 0 Å². The second-order valence-corrected chi connectivity index (χ2v) is 4.27. The van der Waals surface area contributed by atoms with Crippen LogP contribution in [0.1, 0.15) is 5.56 Å². The summed E-state index contributed by atoms with van der Waals surface area (Å²) in [5.41, 5.74) is 8.24. The molecule has 0 radical (unpaired) electrons. The Morgan fingerprint density at radius 1 is 1.11 bits per heavy atom. The van der Waals surface area contributed by atoms with E-state index in [4.69, 9.17) is 5.73 Å². The predicted octanol–water partition coefficient (Wildman–Crippen LogP) is 2.97. The molecule has 3 aromatic rings. The summed E-state index contributed by atoms with van der Waals surface area (Å²) in [6.45, 7) is 0.428. The number of imidazole rings is 1. The zero-order valence-corrected chi connectivity index (χ0v) is 9.95. The van der Waals surface area contributed by atoms with Gasteiger partial charge in [0.2, 0.25) is 0 Å². The third-order valence-corrected chi connectivity index (χ3v) is 2.96. The van der Waals surface area contributed by atoms with Gasteiger partial charge < -0.3 is 10.7 Å². The van der Waals surface area contributed by atoms with Gasteiger partial charge >= 0.3 is 0 Å². The van der Waals surface area contributed by atoms with E-state index in [0.29, 0.717) is 23.4 Å². The molecule has 0 aliphatic carbocycles. The number of hydrogen-bond acceptors (Lipinski definition) is 2. The van der Waals surface area contributed by atoms with E-state index < -0.39 is 11.6 Å². The largest absolute Gasteiger partial charge is 0.338 e. The van der Waals surface area contributed by atoms with Crippen LogP contribution in [0.3, 0.4) is 0 Å². The van der Waals surface area contributed by atoms with Crippen LogP contribution in [-0.4, -0.2) is 9.97 Å². The molecule has 1 heterocycles. The van der Waals surface area contributed by atoms with E-state index in [2.05, 4.69) is 9.97 Å². The molecule has 0 saturated carbocycles. The molecule has 19 heavy (non-hydrogen) atoms. The molecule has 96 valence electrons. The van der Waals surface area contributed by atoms with E-state index in [0.717, 1.165) is 23.3 Å². The lowest BCUT2D eigenvalue weighted by molar-refractivity contribution is 0.510. The fraction of sp³-hybridized carbons (Fsp3) is 0.0714. The van der Waals surface area contributed by atoms with Crippen molar-refractivity contribution in [1.82, 2.24) is 9.97 Å². The molecule has 5 heteroatoms. The van der Waals surface area contributed by atoms with Crippen LogP contribution < -0.4 is 5.73 Å². The van der Waals surface area contributed by atoms with E-state index in [9.17, 15) is 8.78 Å². The molecular formula is C14H11F2N3. The normalized spacial score (nSPS) is 11.1. The molecule has 3 rings (SSSR count). The molecule has 0 saturated heterocycles. The highest BCUT2D eigenvalue weighted by atomic mass is 19.2. The quantitative estimate of drug-likeness (QED) is 0.743. The van der Waals surface area contributed by atoms with Crippen LogP contribution in [0.25, 0.3) is 22.4 Å². The first-order chi connectivity index (χ1) is 9.17. The molecular weight excluding hydrogens is 248 g/mol.